The van der Waals surface area contributed by atoms with Crippen molar-refractivity contribution in [3.63, 3.8) is 0 Å². The summed E-state index contributed by atoms with van der Waals surface area (Å²) in [6.07, 6.45) is 0. The SMILES string of the molecule is N#Cc1cc(F)cc(CN(CCO)CCO)c1. The minimum Gasteiger partial charge on any atom is -0.395 e. The Morgan fingerprint density at radius 2 is 1.82 bits per heavy atom. The molecule has 0 radical (unpaired) electrons. The average molecular weight is 238 g/mol. The van der Waals surface area contributed by atoms with Crippen LogP contribution in [0.3, 0.4) is 0 Å². The van der Waals surface area contributed by atoms with Crippen LogP contribution in [0.2, 0.25) is 0 Å². The van der Waals surface area contributed by atoms with E-state index < -0.39 is 5.82 Å². The molecule has 0 fully saturated rings. The van der Waals surface area contributed by atoms with Crippen molar-refractivity contribution in [3.8, 4) is 6.07 Å². The van der Waals surface area contributed by atoms with E-state index in [0.29, 0.717) is 25.2 Å². The Labute approximate surface area is 99.5 Å². The average Bonchev–Trinajstić information content (AvgIpc) is 2.29. The van der Waals surface area contributed by atoms with E-state index in [-0.39, 0.29) is 18.8 Å². The fourth-order valence-corrected chi connectivity index (χ4v) is 1.62. The van der Waals surface area contributed by atoms with Gasteiger partial charge in [0.1, 0.15) is 5.82 Å². The molecule has 0 aromatic heterocycles. The summed E-state index contributed by atoms with van der Waals surface area (Å²) in [5, 5.41) is 26.4. The molecule has 0 heterocycles. The van der Waals surface area contributed by atoms with Crippen molar-refractivity contribution < 1.29 is 14.6 Å². The zero-order chi connectivity index (χ0) is 12.7. The number of hydrogen-bond acceptors (Lipinski definition) is 4. The molecule has 92 valence electrons. The van der Waals surface area contributed by atoms with E-state index >= 15 is 0 Å². The summed E-state index contributed by atoms with van der Waals surface area (Å²) in [5.41, 5.74) is 0.927. The summed E-state index contributed by atoms with van der Waals surface area (Å²) < 4.78 is 13.2. The number of halogens is 1. The van der Waals surface area contributed by atoms with Gasteiger partial charge in [0.25, 0.3) is 0 Å². The molecule has 0 amide bonds. The molecular weight excluding hydrogens is 223 g/mol. The van der Waals surface area contributed by atoms with Gasteiger partial charge in [-0.25, -0.2) is 4.39 Å². The zero-order valence-corrected chi connectivity index (χ0v) is 9.43. The number of hydrogen-bond donors (Lipinski definition) is 2. The van der Waals surface area contributed by atoms with Crippen LogP contribution >= 0.6 is 0 Å². The van der Waals surface area contributed by atoms with Crippen molar-refractivity contribution in [1.82, 2.24) is 4.90 Å². The Bertz CT molecular complexity index is 398. The monoisotopic (exact) mass is 238 g/mol. The number of nitriles is 1. The largest absolute Gasteiger partial charge is 0.395 e. The molecule has 4 nitrogen and oxygen atoms in total. The maximum atomic E-state index is 13.2. The normalized spacial score (nSPS) is 10.5. The fraction of sp³-hybridized carbons (Fsp3) is 0.417. The van der Waals surface area contributed by atoms with Gasteiger partial charge in [-0.1, -0.05) is 0 Å². The lowest BCUT2D eigenvalue weighted by Gasteiger charge is -2.20. The zero-order valence-electron chi connectivity index (χ0n) is 9.43. The molecule has 0 aliphatic heterocycles. The highest BCUT2D eigenvalue weighted by molar-refractivity contribution is 5.33. The Balaban J connectivity index is 2.78. The first-order chi connectivity index (χ1) is 8.19. The van der Waals surface area contributed by atoms with Crippen molar-refractivity contribution in [2.45, 2.75) is 6.54 Å². The molecule has 0 spiro atoms. The third kappa shape index (κ3) is 4.49. The van der Waals surface area contributed by atoms with E-state index in [1.165, 1.54) is 12.1 Å². The van der Waals surface area contributed by atoms with Crippen molar-refractivity contribution in [2.75, 3.05) is 26.3 Å². The van der Waals surface area contributed by atoms with Crippen LogP contribution < -0.4 is 0 Å². The summed E-state index contributed by atoms with van der Waals surface area (Å²) in [4.78, 5) is 1.79. The second-order valence-corrected chi connectivity index (χ2v) is 3.68. The van der Waals surface area contributed by atoms with E-state index in [9.17, 15) is 4.39 Å². The van der Waals surface area contributed by atoms with Crippen LogP contribution in [0.1, 0.15) is 11.1 Å². The van der Waals surface area contributed by atoms with Crippen LogP contribution in [0.25, 0.3) is 0 Å². The maximum absolute atomic E-state index is 13.2. The highest BCUT2D eigenvalue weighted by Crippen LogP contribution is 2.11. The van der Waals surface area contributed by atoms with Gasteiger partial charge < -0.3 is 10.2 Å². The number of aliphatic hydroxyl groups is 2. The van der Waals surface area contributed by atoms with Gasteiger partial charge in [0.2, 0.25) is 0 Å². The molecule has 0 unspecified atom stereocenters. The number of benzene rings is 1. The summed E-state index contributed by atoms with van der Waals surface area (Å²) in [6.45, 7) is 1.15. The van der Waals surface area contributed by atoms with Gasteiger partial charge in [-0.2, -0.15) is 5.26 Å². The standard InChI is InChI=1S/C12H15FN2O2/c13-12-6-10(8-14)5-11(7-12)9-15(1-3-16)2-4-17/h5-7,16-17H,1-4,9H2. The van der Waals surface area contributed by atoms with Gasteiger partial charge in [-0.3, -0.25) is 4.90 Å². The van der Waals surface area contributed by atoms with Crippen molar-refractivity contribution >= 4 is 0 Å². The van der Waals surface area contributed by atoms with Gasteiger partial charge in [-0.05, 0) is 23.8 Å². The lowest BCUT2D eigenvalue weighted by atomic mass is 10.1. The topological polar surface area (TPSA) is 67.5 Å². The molecule has 2 N–H and O–H groups in total. The van der Waals surface area contributed by atoms with Gasteiger partial charge in [-0.15, -0.1) is 0 Å². The van der Waals surface area contributed by atoms with Crippen LogP contribution in [0.15, 0.2) is 18.2 Å². The van der Waals surface area contributed by atoms with Crippen LogP contribution in [-0.2, 0) is 6.54 Å². The smallest absolute Gasteiger partial charge is 0.124 e. The minimum atomic E-state index is -0.452. The third-order valence-corrected chi connectivity index (χ3v) is 2.33. The molecular formula is C12H15FN2O2. The Hall–Kier alpha value is -1.48. The Morgan fingerprint density at radius 3 is 2.35 bits per heavy atom. The summed E-state index contributed by atoms with van der Waals surface area (Å²) in [6, 6.07) is 6.01. The van der Waals surface area contributed by atoms with Crippen molar-refractivity contribution in [3.05, 3.63) is 35.1 Å². The lowest BCUT2D eigenvalue weighted by Crippen LogP contribution is -2.29. The molecule has 5 heteroatoms. The minimum absolute atomic E-state index is 0.0274. The van der Waals surface area contributed by atoms with Crippen molar-refractivity contribution in [1.29, 1.82) is 5.26 Å². The van der Waals surface area contributed by atoms with Crippen LogP contribution in [-0.4, -0.2) is 41.4 Å². The molecule has 0 aliphatic carbocycles. The highest BCUT2D eigenvalue weighted by Gasteiger charge is 2.07. The van der Waals surface area contributed by atoms with E-state index in [0.717, 1.165) is 0 Å². The second-order valence-electron chi connectivity index (χ2n) is 3.68. The van der Waals surface area contributed by atoms with Crippen LogP contribution in [0, 0.1) is 17.1 Å². The van der Waals surface area contributed by atoms with Crippen molar-refractivity contribution in [2.24, 2.45) is 0 Å². The fourth-order valence-electron chi connectivity index (χ4n) is 1.62. The summed E-state index contributed by atoms with van der Waals surface area (Å²) >= 11 is 0. The van der Waals surface area contributed by atoms with Gasteiger partial charge >= 0.3 is 0 Å². The molecule has 0 saturated heterocycles. The molecule has 1 aromatic rings. The Kier molecular flexibility index (Phi) is 5.57. The lowest BCUT2D eigenvalue weighted by molar-refractivity contribution is 0.156. The van der Waals surface area contributed by atoms with E-state index in [4.69, 9.17) is 15.5 Å². The molecule has 0 bridgehead atoms. The quantitative estimate of drug-likeness (QED) is 0.756. The second kappa shape index (κ2) is 6.97. The Morgan fingerprint density at radius 1 is 1.18 bits per heavy atom. The highest BCUT2D eigenvalue weighted by atomic mass is 19.1. The molecule has 1 aromatic carbocycles. The number of nitrogens with zero attached hydrogens (tertiary/aromatic N) is 2. The first kappa shape index (κ1) is 13.6. The summed E-state index contributed by atoms with van der Waals surface area (Å²) in [5.74, 6) is -0.452. The molecule has 0 saturated carbocycles. The van der Waals surface area contributed by atoms with Crippen LogP contribution in [0.5, 0.6) is 0 Å². The first-order valence-electron chi connectivity index (χ1n) is 5.33. The molecule has 0 atom stereocenters. The predicted molar refractivity (Wildman–Crippen MR) is 60.6 cm³/mol. The maximum Gasteiger partial charge on any atom is 0.124 e. The van der Waals surface area contributed by atoms with E-state index in [1.807, 2.05) is 6.07 Å². The third-order valence-electron chi connectivity index (χ3n) is 2.33. The van der Waals surface area contributed by atoms with Gasteiger partial charge in [0.05, 0.1) is 24.8 Å². The van der Waals surface area contributed by atoms with E-state index in [1.54, 1.807) is 11.0 Å². The molecule has 17 heavy (non-hydrogen) atoms. The number of aliphatic hydroxyl groups excluding tert-OH is 2. The molecule has 1 rings (SSSR count). The van der Waals surface area contributed by atoms with Crippen LogP contribution in [0.4, 0.5) is 4.39 Å². The van der Waals surface area contributed by atoms with E-state index in [2.05, 4.69) is 0 Å². The van der Waals surface area contributed by atoms with Gasteiger partial charge in [0, 0.05) is 19.6 Å². The van der Waals surface area contributed by atoms with Gasteiger partial charge in [0.15, 0.2) is 0 Å². The number of rotatable bonds is 6. The molecule has 0 aliphatic rings. The predicted octanol–water partition coefficient (Wildman–Crippen LogP) is 0.484. The summed E-state index contributed by atoms with van der Waals surface area (Å²) in [7, 11) is 0. The first-order valence-corrected chi connectivity index (χ1v) is 5.33.